The average Bonchev–Trinajstić information content (AvgIpc) is 2.97. The van der Waals surface area contributed by atoms with Crippen LogP contribution in [0.25, 0.3) is 10.9 Å². The lowest BCUT2D eigenvalue weighted by Crippen LogP contribution is -2.39. The third-order valence-electron chi connectivity index (χ3n) is 3.66. The van der Waals surface area contributed by atoms with Gasteiger partial charge in [0.25, 0.3) is 0 Å². The number of nitrogens with zero attached hydrogens (tertiary/aromatic N) is 1. The zero-order chi connectivity index (χ0) is 19.0. The fourth-order valence-corrected chi connectivity index (χ4v) is 2.47. The summed E-state index contributed by atoms with van der Waals surface area (Å²) in [5.41, 5.74) is 1.81. The first kappa shape index (κ1) is 23.5. The molecule has 0 aliphatic heterocycles. The van der Waals surface area contributed by atoms with E-state index in [1.807, 2.05) is 6.20 Å². The van der Waals surface area contributed by atoms with E-state index < -0.39 is 12.8 Å². The second kappa shape index (κ2) is 11.3. The molecule has 0 radical (unpaired) electrons. The van der Waals surface area contributed by atoms with E-state index in [0.29, 0.717) is 31.9 Å². The van der Waals surface area contributed by atoms with Crippen LogP contribution in [0.5, 0.6) is 0 Å². The zero-order valence-electron chi connectivity index (χ0n) is 14.8. The molecule has 0 atom stereocenters. The number of hydrogen-bond acceptors (Lipinski definition) is 2. The molecule has 0 aliphatic carbocycles. The molecule has 152 valence electrons. The van der Waals surface area contributed by atoms with Gasteiger partial charge in [0.1, 0.15) is 12.4 Å². The molecular weight excluding hydrogens is 479 g/mol. The van der Waals surface area contributed by atoms with Crippen LogP contribution in [0.2, 0.25) is 0 Å². The molecule has 0 saturated heterocycles. The minimum atomic E-state index is -4.29. The highest BCUT2D eigenvalue weighted by Crippen LogP contribution is 2.19. The lowest BCUT2D eigenvalue weighted by Gasteiger charge is -2.12. The number of hydrogen-bond donors (Lipinski definition) is 3. The molecule has 0 unspecified atom stereocenters. The number of ether oxygens (including phenoxy) is 1. The standard InChI is InChI=1S/C17H22F4N4O.HI/c1-22-16(23-6-2-8-26-11-17(19,20)21)24-7-5-12-10-25-15-9-13(18)3-4-14(12)15;/h3-4,9-10,25H,2,5-8,11H2,1H3,(H2,22,23,24);1H. The fourth-order valence-electron chi connectivity index (χ4n) is 2.47. The van der Waals surface area contributed by atoms with Crippen molar-refractivity contribution in [2.24, 2.45) is 4.99 Å². The predicted molar refractivity (Wildman–Crippen MR) is 108 cm³/mol. The quantitative estimate of drug-likeness (QED) is 0.170. The second-order valence-electron chi connectivity index (χ2n) is 5.70. The molecule has 5 nitrogen and oxygen atoms in total. The van der Waals surface area contributed by atoms with Crippen molar-refractivity contribution in [2.45, 2.75) is 19.0 Å². The van der Waals surface area contributed by atoms with Gasteiger partial charge in [-0.25, -0.2) is 4.39 Å². The molecule has 2 rings (SSSR count). The van der Waals surface area contributed by atoms with Crippen LogP contribution >= 0.6 is 24.0 Å². The average molecular weight is 502 g/mol. The van der Waals surface area contributed by atoms with Crippen LogP contribution in [-0.4, -0.2) is 50.5 Å². The maximum absolute atomic E-state index is 13.2. The van der Waals surface area contributed by atoms with E-state index in [1.54, 1.807) is 13.1 Å². The van der Waals surface area contributed by atoms with Crippen LogP contribution in [0, 0.1) is 5.82 Å². The Morgan fingerprint density at radius 1 is 1.22 bits per heavy atom. The van der Waals surface area contributed by atoms with Crippen LogP contribution in [0.3, 0.4) is 0 Å². The summed E-state index contributed by atoms with van der Waals surface area (Å²) in [6.07, 6.45) is -1.30. The molecule has 10 heteroatoms. The third kappa shape index (κ3) is 8.33. The summed E-state index contributed by atoms with van der Waals surface area (Å²) in [4.78, 5) is 7.09. The van der Waals surface area contributed by atoms with Gasteiger partial charge in [-0.15, -0.1) is 24.0 Å². The van der Waals surface area contributed by atoms with Crippen LogP contribution in [0.1, 0.15) is 12.0 Å². The van der Waals surface area contributed by atoms with Crippen molar-refractivity contribution in [1.29, 1.82) is 0 Å². The van der Waals surface area contributed by atoms with Crippen molar-refractivity contribution in [1.82, 2.24) is 15.6 Å². The Morgan fingerprint density at radius 2 is 1.96 bits per heavy atom. The van der Waals surface area contributed by atoms with Gasteiger partial charge in [-0.3, -0.25) is 4.99 Å². The van der Waals surface area contributed by atoms with Gasteiger partial charge in [0.05, 0.1) is 0 Å². The van der Waals surface area contributed by atoms with Crippen LogP contribution in [0.4, 0.5) is 17.6 Å². The zero-order valence-corrected chi connectivity index (χ0v) is 17.2. The number of rotatable bonds is 8. The minimum absolute atomic E-state index is 0. The number of H-pyrrole nitrogens is 1. The molecular formula is C17H23F4IN4O. The summed E-state index contributed by atoms with van der Waals surface area (Å²) >= 11 is 0. The summed E-state index contributed by atoms with van der Waals surface area (Å²) < 4.78 is 53.5. The first-order valence-electron chi connectivity index (χ1n) is 8.23. The number of halogens is 5. The van der Waals surface area contributed by atoms with Crippen molar-refractivity contribution in [3.05, 3.63) is 35.8 Å². The number of aromatic amines is 1. The van der Waals surface area contributed by atoms with Crippen LogP contribution in [0.15, 0.2) is 29.4 Å². The van der Waals surface area contributed by atoms with E-state index >= 15 is 0 Å². The van der Waals surface area contributed by atoms with E-state index in [4.69, 9.17) is 0 Å². The van der Waals surface area contributed by atoms with Crippen molar-refractivity contribution < 1.29 is 22.3 Å². The maximum atomic E-state index is 13.2. The highest BCUT2D eigenvalue weighted by Gasteiger charge is 2.27. The van der Waals surface area contributed by atoms with Crippen LogP contribution < -0.4 is 10.6 Å². The highest BCUT2D eigenvalue weighted by atomic mass is 127. The Bertz CT molecular complexity index is 733. The summed E-state index contributed by atoms with van der Waals surface area (Å²) in [6.45, 7) is -0.150. The van der Waals surface area contributed by atoms with Gasteiger partial charge >= 0.3 is 6.18 Å². The van der Waals surface area contributed by atoms with Crippen LogP contribution in [-0.2, 0) is 11.2 Å². The molecule has 0 saturated carbocycles. The molecule has 27 heavy (non-hydrogen) atoms. The maximum Gasteiger partial charge on any atom is 0.411 e. The number of nitrogens with one attached hydrogen (secondary N) is 3. The van der Waals surface area contributed by atoms with Crippen molar-refractivity contribution in [3.63, 3.8) is 0 Å². The Morgan fingerprint density at radius 3 is 2.67 bits per heavy atom. The topological polar surface area (TPSA) is 61.4 Å². The Balaban J connectivity index is 0.00000364. The van der Waals surface area contributed by atoms with Crippen molar-refractivity contribution in [3.8, 4) is 0 Å². The summed E-state index contributed by atoms with van der Waals surface area (Å²) in [5, 5.41) is 7.11. The fraction of sp³-hybridized carbons (Fsp3) is 0.471. The SMILES string of the molecule is CN=C(NCCCOCC(F)(F)F)NCCc1c[nH]c2cc(F)ccc12.I. The Hall–Kier alpha value is -1.56. The lowest BCUT2D eigenvalue weighted by atomic mass is 10.1. The number of benzene rings is 1. The number of fused-ring (bicyclic) bond motifs is 1. The number of aliphatic imine (C=N–C) groups is 1. The molecule has 0 spiro atoms. The molecule has 1 heterocycles. The lowest BCUT2D eigenvalue weighted by molar-refractivity contribution is -0.173. The molecule has 3 N–H and O–H groups in total. The molecule has 1 aromatic heterocycles. The van der Waals surface area contributed by atoms with E-state index in [1.165, 1.54) is 12.1 Å². The Kier molecular flexibility index (Phi) is 9.84. The van der Waals surface area contributed by atoms with Crippen molar-refractivity contribution in [2.75, 3.05) is 33.4 Å². The highest BCUT2D eigenvalue weighted by molar-refractivity contribution is 14.0. The molecule has 0 fully saturated rings. The van der Waals surface area contributed by atoms with Crippen molar-refractivity contribution >= 4 is 40.8 Å². The number of guanidine groups is 1. The number of aromatic nitrogens is 1. The van der Waals surface area contributed by atoms with E-state index in [2.05, 4.69) is 25.3 Å². The molecule has 0 aliphatic rings. The third-order valence-corrected chi connectivity index (χ3v) is 3.66. The Labute approximate surface area is 172 Å². The predicted octanol–water partition coefficient (Wildman–Crippen LogP) is 3.60. The summed E-state index contributed by atoms with van der Waals surface area (Å²) in [7, 11) is 1.62. The van der Waals surface area contributed by atoms with Gasteiger partial charge in [0.2, 0.25) is 0 Å². The van der Waals surface area contributed by atoms with Gasteiger partial charge < -0.3 is 20.4 Å². The van der Waals surface area contributed by atoms with E-state index in [-0.39, 0.29) is 36.4 Å². The van der Waals surface area contributed by atoms with E-state index in [9.17, 15) is 17.6 Å². The number of alkyl halides is 3. The van der Waals surface area contributed by atoms with Gasteiger partial charge in [0, 0.05) is 43.8 Å². The first-order valence-corrected chi connectivity index (χ1v) is 8.23. The van der Waals surface area contributed by atoms with Gasteiger partial charge in [0.15, 0.2) is 5.96 Å². The summed E-state index contributed by atoms with van der Waals surface area (Å²) in [5.74, 6) is 0.277. The van der Waals surface area contributed by atoms with E-state index in [0.717, 1.165) is 16.5 Å². The largest absolute Gasteiger partial charge is 0.411 e. The molecule has 1 aromatic carbocycles. The normalized spacial score (nSPS) is 12.1. The van der Waals surface area contributed by atoms with Gasteiger partial charge in [-0.1, -0.05) is 0 Å². The second-order valence-corrected chi connectivity index (χ2v) is 5.70. The smallest absolute Gasteiger partial charge is 0.372 e. The van der Waals surface area contributed by atoms with Gasteiger partial charge in [-0.05, 0) is 36.6 Å². The minimum Gasteiger partial charge on any atom is -0.372 e. The van der Waals surface area contributed by atoms with Gasteiger partial charge in [-0.2, -0.15) is 13.2 Å². The summed E-state index contributed by atoms with van der Waals surface area (Å²) in [6, 6.07) is 4.62. The monoisotopic (exact) mass is 502 g/mol. The molecule has 0 amide bonds. The first-order chi connectivity index (χ1) is 12.4. The molecule has 2 aromatic rings. The molecule has 0 bridgehead atoms.